The van der Waals surface area contributed by atoms with Crippen molar-refractivity contribution in [2.75, 3.05) is 5.32 Å². The third-order valence-electron chi connectivity index (χ3n) is 3.57. The van der Waals surface area contributed by atoms with E-state index in [0.29, 0.717) is 24.9 Å². The lowest BCUT2D eigenvalue weighted by Gasteiger charge is -2.19. The molecule has 1 atom stereocenters. The van der Waals surface area contributed by atoms with E-state index in [0.717, 1.165) is 11.4 Å². The van der Waals surface area contributed by atoms with E-state index in [1.807, 2.05) is 0 Å². The number of aromatic nitrogens is 3. The van der Waals surface area contributed by atoms with Gasteiger partial charge in [0.05, 0.1) is 16.3 Å². The number of anilines is 1. The van der Waals surface area contributed by atoms with Gasteiger partial charge in [0.2, 0.25) is 5.91 Å². The normalized spacial score (nSPS) is 17.0. The van der Waals surface area contributed by atoms with Crippen molar-refractivity contribution in [1.82, 2.24) is 15.4 Å². The number of nitrogens with zero attached hydrogens (tertiary/aromatic N) is 3. The third-order valence-corrected chi connectivity index (χ3v) is 3.57. The van der Waals surface area contributed by atoms with Crippen LogP contribution in [0.2, 0.25) is 0 Å². The van der Waals surface area contributed by atoms with Crippen LogP contribution in [0.5, 0.6) is 0 Å². The summed E-state index contributed by atoms with van der Waals surface area (Å²) in [4.78, 5) is 22.5. The van der Waals surface area contributed by atoms with Crippen molar-refractivity contribution in [3.63, 3.8) is 0 Å². The van der Waals surface area contributed by atoms with Gasteiger partial charge in [-0.25, -0.2) is 0 Å². The van der Waals surface area contributed by atoms with E-state index in [-0.39, 0.29) is 17.5 Å². The van der Waals surface area contributed by atoms with E-state index in [9.17, 15) is 14.9 Å². The van der Waals surface area contributed by atoms with E-state index >= 15 is 0 Å². The number of nitro benzene ring substituents is 1. The van der Waals surface area contributed by atoms with Crippen LogP contribution in [-0.2, 0) is 17.6 Å². The Bertz CT molecular complexity index is 697. The smallest absolute Gasteiger partial charge is 0.271 e. The summed E-state index contributed by atoms with van der Waals surface area (Å²) in [5.74, 6) is -0.342. The Morgan fingerprint density at radius 1 is 1.38 bits per heavy atom. The molecule has 21 heavy (non-hydrogen) atoms. The average molecular weight is 287 g/mol. The number of hydrogen-bond donors (Lipinski definition) is 2. The molecule has 1 heterocycles. The molecule has 8 nitrogen and oxygen atoms in total. The topological polar surface area (TPSA) is 114 Å². The molecule has 0 bridgehead atoms. The quantitative estimate of drug-likeness (QED) is 0.655. The highest BCUT2D eigenvalue weighted by molar-refractivity contribution is 5.93. The highest BCUT2D eigenvalue weighted by Crippen LogP contribution is 2.24. The van der Waals surface area contributed by atoms with Crippen LogP contribution in [0.3, 0.4) is 0 Å². The summed E-state index contributed by atoms with van der Waals surface area (Å²) >= 11 is 0. The highest BCUT2D eigenvalue weighted by Gasteiger charge is 2.27. The maximum absolute atomic E-state index is 12.2. The van der Waals surface area contributed by atoms with E-state index < -0.39 is 4.92 Å². The van der Waals surface area contributed by atoms with Gasteiger partial charge < -0.3 is 5.32 Å². The van der Waals surface area contributed by atoms with Crippen LogP contribution in [0.15, 0.2) is 24.3 Å². The van der Waals surface area contributed by atoms with Gasteiger partial charge in [-0.2, -0.15) is 15.4 Å². The first-order chi connectivity index (χ1) is 10.1. The summed E-state index contributed by atoms with van der Waals surface area (Å²) in [7, 11) is 0. The number of fused-ring (bicyclic) bond motifs is 1. The highest BCUT2D eigenvalue weighted by atomic mass is 16.6. The first kappa shape index (κ1) is 13.2. The largest absolute Gasteiger partial charge is 0.326 e. The molecular weight excluding hydrogens is 274 g/mol. The van der Waals surface area contributed by atoms with Crippen molar-refractivity contribution >= 4 is 17.3 Å². The van der Waals surface area contributed by atoms with E-state index in [4.69, 9.17) is 0 Å². The molecule has 0 saturated carbocycles. The fourth-order valence-corrected chi connectivity index (χ4v) is 2.45. The molecule has 1 aromatic carbocycles. The Labute approximate surface area is 119 Å². The zero-order valence-corrected chi connectivity index (χ0v) is 11.1. The molecule has 1 aliphatic rings. The number of benzene rings is 1. The van der Waals surface area contributed by atoms with Crippen LogP contribution >= 0.6 is 0 Å². The minimum absolute atomic E-state index is 0.0461. The first-order valence-electron chi connectivity index (χ1n) is 6.57. The molecule has 1 unspecified atom stereocenters. The van der Waals surface area contributed by atoms with Crippen molar-refractivity contribution in [3.8, 4) is 0 Å². The Kier molecular flexibility index (Phi) is 3.35. The zero-order valence-electron chi connectivity index (χ0n) is 11.1. The second-order valence-corrected chi connectivity index (χ2v) is 4.95. The van der Waals surface area contributed by atoms with Crippen LogP contribution < -0.4 is 5.32 Å². The second kappa shape index (κ2) is 5.31. The average Bonchev–Trinajstić information content (AvgIpc) is 2.94. The number of aryl methyl sites for hydroxylation is 1. The first-order valence-corrected chi connectivity index (χ1v) is 6.57. The molecule has 2 aromatic rings. The van der Waals surface area contributed by atoms with Crippen LogP contribution in [0.25, 0.3) is 0 Å². The fraction of sp³-hybridized carbons (Fsp3) is 0.308. The molecule has 108 valence electrons. The number of carbonyl (C=O) groups is 1. The van der Waals surface area contributed by atoms with Crippen molar-refractivity contribution < 1.29 is 9.72 Å². The summed E-state index contributed by atoms with van der Waals surface area (Å²) in [5, 5.41) is 24.1. The van der Waals surface area contributed by atoms with Gasteiger partial charge in [-0.3, -0.25) is 14.9 Å². The standard InChI is InChI=1S/C13H13N5O3/c19-13(8-4-5-11-12(6-8)16-17-15-11)14-9-2-1-3-10(7-9)18(20)21/h1-3,7-8H,4-6H2,(H,14,19)(H,15,16,17). The SMILES string of the molecule is O=C(Nc1cccc([N+](=O)[O-])c1)C1CCc2n[nH]nc2C1. The number of amides is 1. The maximum atomic E-state index is 12.2. The van der Waals surface area contributed by atoms with Gasteiger partial charge >= 0.3 is 0 Å². The number of nitro groups is 1. The van der Waals surface area contributed by atoms with Crippen LogP contribution in [0.1, 0.15) is 17.8 Å². The lowest BCUT2D eigenvalue weighted by Crippen LogP contribution is -2.28. The van der Waals surface area contributed by atoms with Crippen LogP contribution in [0.4, 0.5) is 11.4 Å². The van der Waals surface area contributed by atoms with Gasteiger partial charge in [-0.1, -0.05) is 6.07 Å². The van der Waals surface area contributed by atoms with Gasteiger partial charge in [0.1, 0.15) is 0 Å². The molecule has 3 rings (SSSR count). The minimum Gasteiger partial charge on any atom is -0.326 e. The Balaban J connectivity index is 1.70. The summed E-state index contributed by atoms with van der Waals surface area (Å²) in [5.41, 5.74) is 2.12. The van der Waals surface area contributed by atoms with Crippen LogP contribution in [-0.4, -0.2) is 26.2 Å². The number of hydrogen-bond acceptors (Lipinski definition) is 5. The second-order valence-electron chi connectivity index (χ2n) is 4.95. The van der Waals surface area contributed by atoms with E-state index in [2.05, 4.69) is 20.7 Å². The number of carbonyl (C=O) groups excluding carboxylic acids is 1. The van der Waals surface area contributed by atoms with E-state index in [1.165, 1.54) is 12.1 Å². The summed E-state index contributed by atoms with van der Waals surface area (Å²) in [6.07, 6.45) is 1.94. The number of nitrogens with one attached hydrogen (secondary N) is 2. The molecule has 1 aromatic heterocycles. The van der Waals surface area contributed by atoms with Gasteiger partial charge in [0.25, 0.3) is 5.69 Å². The Hall–Kier alpha value is -2.77. The zero-order chi connectivity index (χ0) is 14.8. The predicted octanol–water partition coefficient (Wildman–Crippen LogP) is 1.46. The lowest BCUT2D eigenvalue weighted by atomic mass is 9.89. The molecule has 0 saturated heterocycles. The molecule has 0 aliphatic heterocycles. The monoisotopic (exact) mass is 287 g/mol. The van der Waals surface area contributed by atoms with Crippen molar-refractivity contribution in [2.24, 2.45) is 5.92 Å². The van der Waals surface area contributed by atoms with Crippen LogP contribution in [0, 0.1) is 16.0 Å². The molecule has 2 N–H and O–H groups in total. The molecule has 0 fully saturated rings. The molecule has 1 aliphatic carbocycles. The van der Waals surface area contributed by atoms with E-state index in [1.54, 1.807) is 12.1 Å². The lowest BCUT2D eigenvalue weighted by molar-refractivity contribution is -0.384. The molecule has 1 amide bonds. The van der Waals surface area contributed by atoms with Gasteiger partial charge in [0.15, 0.2) is 0 Å². The third kappa shape index (κ3) is 2.73. The molecule has 8 heteroatoms. The predicted molar refractivity (Wildman–Crippen MR) is 73.6 cm³/mol. The van der Waals surface area contributed by atoms with Crippen molar-refractivity contribution in [1.29, 1.82) is 0 Å². The van der Waals surface area contributed by atoms with Gasteiger partial charge in [-0.05, 0) is 18.9 Å². The summed E-state index contributed by atoms with van der Waals surface area (Å²) in [6.45, 7) is 0. The number of H-pyrrole nitrogens is 1. The maximum Gasteiger partial charge on any atom is 0.271 e. The Morgan fingerprint density at radius 3 is 3.00 bits per heavy atom. The van der Waals surface area contributed by atoms with Gasteiger partial charge in [0, 0.05) is 30.2 Å². The molecular formula is C13H13N5O3. The van der Waals surface area contributed by atoms with Crippen molar-refractivity contribution in [2.45, 2.75) is 19.3 Å². The fourth-order valence-electron chi connectivity index (χ4n) is 2.45. The number of rotatable bonds is 3. The van der Waals surface area contributed by atoms with Crippen molar-refractivity contribution in [3.05, 3.63) is 45.8 Å². The number of non-ortho nitro benzene ring substituents is 1. The summed E-state index contributed by atoms with van der Waals surface area (Å²) in [6, 6.07) is 5.92. The summed E-state index contributed by atoms with van der Waals surface area (Å²) < 4.78 is 0. The number of aromatic amines is 1. The molecule has 0 radical (unpaired) electrons. The van der Waals surface area contributed by atoms with Gasteiger partial charge in [-0.15, -0.1) is 0 Å². The minimum atomic E-state index is -0.488. The molecule has 0 spiro atoms. The Morgan fingerprint density at radius 2 is 2.19 bits per heavy atom.